The average Bonchev–Trinajstić information content (AvgIpc) is 1.87. The predicted molar refractivity (Wildman–Crippen MR) is 46.8 cm³/mol. The molecular formula is C10H19. The molecule has 0 atom stereocenters. The van der Waals surface area contributed by atoms with Gasteiger partial charge in [-0.1, -0.05) is 38.8 Å². The van der Waals surface area contributed by atoms with E-state index in [1.807, 2.05) is 6.92 Å². The topological polar surface area (TPSA) is 0 Å². The Morgan fingerprint density at radius 2 is 2.00 bits per heavy atom. The van der Waals surface area contributed by atoms with E-state index in [-0.39, 0.29) is 0 Å². The lowest BCUT2D eigenvalue weighted by molar-refractivity contribution is 0.540. The summed E-state index contributed by atoms with van der Waals surface area (Å²) in [5.74, 6) is 0.870. The normalized spacial score (nSPS) is 11.6. The van der Waals surface area contributed by atoms with Crippen LogP contribution in [0.2, 0.25) is 0 Å². The fourth-order valence-corrected chi connectivity index (χ4v) is 0.943. The van der Waals surface area contributed by atoms with Crippen LogP contribution < -0.4 is 0 Å². The second-order valence-corrected chi connectivity index (χ2v) is 3.17. The molecule has 0 unspecified atom stereocenters. The summed E-state index contributed by atoms with van der Waals surface area (Å²) in [6, 6.07) is 0. The van der Waals surface area contributed by atoms with E-state index < -0.39 is 0 Å². The van der Waals surface area contributed by atoms with Gasteiger partial charge in [0.25, 0.3) is 0 Å². The summed E-state index contributed by atoms with van der Waals surface area (Å²) in [5.41, 5.74) is 0. The van der Waals surface area contributed by atoms with Crippen LogP contribution in [0.5, 0.6) is 0 Å². The lowest BCUT2D eigenvalue weighted by Gasteiger charge is -2.01. The van der Waals surface area contributed by atoms with Gasteiger partial charge in [0.15, 0.2) is 0 Å². The minimum atomic E-state index is 0.870. The molecule has 0 heterocycles. The van der Waals surface area contributed by atoms with E-state index in [1.165, 1.54) is 25.7 Å². The Kier molecular flexibility index (Phi) is 6.68. The molecule has 0 bridgehead atoms. The van der Waals surface area contributed by atoms with E-state index in [1.54, 1.807) is 0 Å². The van der Waals surface area contributed by atoms with Gasteiger partial charge in [-0.05, 0) is 25.7 Å². The highest BCUT2D eigenvalue weighted by molar-refractivity contribution is 4.69. The summed E-state index contributed by atoms with van der Waals surface area (Å²) in [6.07, 6.45) is 10.4. The molecule has 0 aliphatic heterocycles. The van der Waals surface area contributed by atoms with Crippen LogP contribution >= 0.6 is 0 Å². The molecule has 0 heteroatoms. The van der Waals surface area contributed by atoms with Crippen molar-refractivity contribution in [2.45, 2.75) is 46.5 Å². The molecule has 0 aromatic rings. The van der Waals surface area contributed by atoms with E-state index in [2.05, 4.69) is 26.0 Å². The molecule has 0 saturated carbocycles. The van der Waals surface area contributed by atoms with Gasteiger partial charge < -0.3 is 0 Å². The zero-order valence-corrected chi connectivity index (χ0v) is 7.48. The second kappa shape index (κ2) is 6.85. The summed E-state index contributed by atoms with van der Waals surface area (Å²) >= 11 is 0. The highest BCUT2D eigenvalue weighted by Crippen LogP contribution is 2.07. The lowest BCUT2D eigenvalue weighted by Crippen LogP contribution is -1.85. The highest BCUT2D eigenvalue weighted by atomic mass is 14.0. The maximum absolute atomic E-state index is 3.03. The largest absolute Gasteiger partial charge is 0.0813 e. The molecule has 0 aromatic carbocycles. The van der Waals surface area contributed by atoms with Crippen molar-refractivity contribution >= 4 is 0 Å². The van der Waals surface area contributed by atoms with E-state index >= 15 is 0 Å². The molecule has 59 valence electrons. The van der Waals surface area contributed by atoms with Crippen molar-refractivity contribution < 1.29 is 0 Å². The average molecular weight is 139 g/mol. The maximum Gasteiger partial charge on any atom is -0.0345 e. The van der Waals surface area contributed by atoms with Gasteiger partial charge in [-0.15, -0.1) is 0 Å². The first-order valence-corrected chi connectivity index (χ1v) is 4.26. The summed E-state index contributed by atoms with van der Waals surface area (Å²) < 4.78 is 0. The molecular weight excluding hydrogens is 120 g/mol. The molecule has 0 aliphatic rings. The van der Waals surface area contributed by atoms with Crippen LogP contribution in [0.3, 0.4) is 0 Å². The number of rotatable bonds is 5. The van der Waals surface area contributed by atoms with Gasteiger partial charge in [-0.25, -0.2) is 0 Å². The van der Waals surface area contributed by atoms with Gasteiger partial charge in [0, 0.05) is 0 Å². The monoisotopic (exact) mass is 139 g/mol. The van der Waals surface area contributed by atoms with Gasteiger partial charge in [-0.3, -0.25) is 0 Å². The van der Waals surface area contributed by atoms with Crippen molar-refractivity contribution in [2.24, 2.45) is 5.92 Å². The summed E-state index contributed by atoms with van der Waals surface area (Å²) in [4.78, 5) is 0. The van der Waals surface area contributed by atoms with Crippen molar-refractivity contribution in [3.63, 3.8) is 0 Å². The summed E-state index contributed by atoms with van der Waals surface area (Å²) in [5, 5.41) is 0. The fraction of sp³-hybridized carbons (Fsp3) is 0.800. The Bertz CT molecular complexity index is 80.0. The first-order chi connectivity index (χ1) is 4.77. The summed E-state index contributed by atoms with van der Waals surface area (Å²) in [7, 11) is 0. The third kappa shape index (κ3) is 7.74. The molecule has 10 heavy (non-hydrogen) atoms. The molecule has 1 radical (unpaired) electrons. The van der Waals surface area contributed by atoms with Gasteiger partial charge >= 0.3 is 0 Å². The quantitative estimate of drug-likeness (QED) is 0.511. The zero-order chi connectivity index (χ0) is 7.82. The van der Waals surface area contributed by atoms with E-state index in [9.17, 15) is 0 Å². The van der Waals surface area contributed by atoms with Crippen molar-refractivity contribution in [1.82, 2.24) is 0 Å². The number of allylic oxidation sites excluding steroid dienone is 2. The minimum Gasteiger partial charge on any atom is -0.0813 e. The van der Waals surface area contributed by atoms with Gasteiger partial charge in [0.05, 0.1) is 0 Å². The van der Waals surface area contributed by atoms with Gasteiger partial charge in [0.1, 0.15) is 0 Å². The molecule has 0 rings (SSSR count). The Hall–Kier alpha value is -0.260. The van der Waals surface area contributed by atoms with Crippen molar-refractivity contribution in [1.29, 1.82) is 0 Å². The number of unbranched alkanes of at least 4 members (excludes halogenated alkanes) is 2. The van der Waals surface area contributed by atoms with Crippen molar-refractivity contribution in [2.75, 3.05) is 0 Å². The third-order valence-corrected chi connectivity index (χ3v) is 1.58. The molecule has 0 spiro atoms. The van der Waals surface area contributed by atoms with Crippen LogP contribution in [0.4, 0.5) is 0 Å². The highest BCUT2D eigenvalue weighted by Gasteiger charge is 1.91. The standard InChI is InChI=1S/C10H19/c1-4-5-6-7-8-9-10(2)3/h5,10H,6-9H2,1-3H3. The van der Waals surface area contributed by atoms with E-state index in [0.29, 0.717) is 0 Å². The molecule has 0 N–H and O–H groups in total. The second-order valence-electron chi connectivity index (χ2n) is 3.17. The predicted octanol–water partition coefficient (Wildman–Crippen LogP) is 3.58. The van der Waals surface area contributed by atoms with Crippen LogP contribution in [0.15, 0.2) is 6.08 Å². The van der Waals surface area contributed by atoms with Crippen molar-refractivity contribution in [3.8, 4) is 0 Å². The lowest BCUT2D eigenvalue weighted by atomic mass is 10.1. The Morgan fingerprint density at radius 3 is 2.50 bits per heavy atom. The molecule has 0 fully saturated rings. The molecule has 0 aliphatic carbocycles. The maximum atomic E-state index is 3.03. The van der Waals surface area contributed by atoms with Crippen LogP contribution in [0, 0.1) is 12.0 Å². The number of hydrogen-bond donors (Lipinski definition) is 0. The van der Waals surface area contributed by atoms with Crippen LogP contribution in [-0.4, -0.2) is 0 Å². The van der Waals surface area contributed by atoms with Crippen LogP contribution in [-0.2, 0) is 0 Å². The Morgan fingerprint density at radius 1 is 1.30 bits per heavy atom. The molecule has 0 aromatic heterocycles. The van der Waals surface area contributed by atoms with Crippen molar-refractivity contribution in [3.05, 3.63) is 12.2 Å². The van der Waals surface area contributed by atoms with Crippen LogP contribution in [0.25, 0.3) is 0 Å². The van der Waals surface area contributed by atoms with Crippen LogP contribution in [0.1, 0.15) is 46.5 Å². The Labute approximate surface area is 65.3 Å². The summed E-state index contributed by atoms with van der Waals surface area (Å²) in [6.45, 7) is 6.52. The smallest absolute Gasteiger partial charge is 0.0345 e. The molecule has 0 saturated heterocycles. The minimum absolute atomic E-state index is 0.870. The van der Waals surface area contributed by atoms with Gasteiger partial charge in [0.2, 0.25) is 0 Å². The molecule has 0 nitrogen and oxygen atoms in total. The fourth-order valence-electron chi connectivity index (χ4n) is 0.943. The SMILES string of the molecule is C[C]=CCCCCC(C)C. The van der Waals surface area contributed by atoms with E-state index in [4.69, 9.17) is 0 Å². The third-order valence-electron chi connectivity index (χ3n) is 1.58. The first-order valence-electron chi connectivity index (χ1n) is 4.26. The first kappa shape index (κ1) is 9.74. The van der Waals surface area contributed by atoms with Gasteiger partial charge in [-0.2, -0.15) is 0 Å². The number of hydrogen-bond acceptors (Lipinski definition) is 0. The van der Waals surface area contributed by atoms with E-state index in [0.717, 1.165) is 5.92 Å². The molecule has 0 amide bonds. The Balaban J connectivity index is 2.91. The zero-order valence-electron chi connectivity index (χ0n) is 7.48.